The zero-order valence-electron chi connectivity index (χ0n) is 8.95. The molecule has 2 aliphatic carbocycles. The van der Waals surface area contributed by atoms with Gasteiger partial charge in [-0.1, -0.05) is 6.92 Å². The molecule has 1 N–H and O–H groups in total. The van der Waals surface area contributed by atoms with Crippen molar-refractivity contribution in [1.29, 1.82) is 0 Å². The van der Waals surface area contributed by atoms with Gasteiger partial charge in [-0.25, -0.2) is 0 Å². The SMILES string of the molecule is C[C@@H](O)CN(C)[C@]12CC1CC[C@@H]2C. The van der Waals surface area contributed by atoms with Crippen molar-refractivity contribution in [2.24, 2.45) is 11.8 Å². The van der Waals surface area contributed by atoms with Crippen LogP contribution in [0.3, 0.4) is 0 Å². The number of hydrogen-bond acceptors (Lipinski definition) is 2. The summed E-state index contributed by atoms with van der Waals surface area (Å²) < 4.78 is 0. The van der Waals surface area contributed by atoms with Crippen LogP contribution in [0.2, 0.25) is 0 Å². The zero-order valence-corrected chi connectivity index (χ0v) is 8.95. The standard InChI is InChI=1S/C11H21NO/c1-8-4-5-10-6-11(8,10)12(3)7-9(2)13/h8-10,13H,4-7H2,1-3H3/t8-,9+,10?,11-/m0/s1. The molecular formula is C11H21NO. The summed E-state index contributed by atoms with van der Waals surface area (Å²) in [5.74, 6) is 1.77. The van der Waals surface area contributed by atoms with Crippen molar-refractivity contribution in [2.45, 2.75) is 44.8 Å². The van der Waals surface area contributed by atoms with Crippen LogP contribution in [0, 0.1) is 11.8 Å². The molecule has 2 aliphatic rings. The van der Waals surface area contributed by atoms with Crippen LogP contribution < -0.4 is 0 Å². The van der Waals surface area contributed by atoms with Gasteiger partial charge in [-0.05, 0) is 45.1 Å². The third-order valence-electron chi connectivity index (χ3n) is 4.17. The van der Waals surface area contributed by atoms with Crippen molar-refractivity contribution in [3.05, 3.63) is 0 Å². The van der Waals surface area contributed by atoms with Crippen LogP contribution in [0.25, 0.3) is 0 Å². The Hall–Kier alpha value is -0.0800. The summed E-state index contributed by atoms with van der Waals surface area (Å²) in [6.45, 7) is 5.08. The van der Waals surface area contributed by atoms with Crippen LogP contribution >= 0.6 is 0 Å². The lowest BCUT2D eigenvalue weighted by atomic mass is 9.99. The monoisotopic (exact) mass is 183 g/mol. The summed E-state index contributed by atoms with van der Waals surface area (Å²) in [7, 11) is 2.18. The van der Waals surface area contributed by atoms with Gasteiger partial charge in [-0.3, -0.25) is 4.90 Å². The Morgan fingerprint density at radius 3 is 2.62 bits per heavy atom. The summed E-state index contributed by atoms with van der Waals surface area (Å²) in [6, 6.07) is 0. The molecule has 2 rings (SSSR count). The Morgan fingerprint density at radius 2 is 2.23 bits per heavy atom. The Bertz CT molecular complexity index is 204. The van der Waals surface area contributed by atoms with Crippen molar-refractivity contribution < 1.29 is 5.11 Å². The molecule has 0 radical (unpaired) electrons. The van der Waals surface area contributed by atoms with Crippen molar-refractivity contribution in [3.63, 3.8) is 0 Å². The van der Waals surface area contributed by atoms with E-state index in [0.29, 0.717) is 5.54 Å². The topological polar surface area (TPSA) is 23.5 Å². The smallest absolute Gasteiger partial charge is 0.0639 e. The molecule has 1 unspecified atom stereocenters. The average Bonchev–Trinajstić information content (AvgIpc) is 2.67. The fraction of sp³-hybridized carbons (Fsp3) is 1.00. The second-order valence-electron chi connectivity index (χ2n) is 5.10. The molecule has 0 aromatic heterocycles. The molecular weight excluding hydrogens is 162 g/mol. The van der Waals surface area contributed by atoms with Crippen molar-refractivity contribution in [1.82, 2.24) is 4.90 Å². The third kappa shape index (κ3) is 1.31. The van der Waals surface area contributed by atoms with Crippen molar-refractivity contribution in [2.75, 3.05) is 13.6 Å². The predicted octanol–water partition coefficient (Wildman–Crippen LogP) is 1.49. The second-order valence-corrected chi connectivity index (χ2v) is 5.10. The van der Waals surface area contributed by atoms with Gasteiger partial charge < -0.3 is 5.11 Å². The molecule has 2 saturated carbocycles. The first-order valence-corrected chi connectivity index (χ1v) is 5.46. The number of rotatable bonds is 3. The summed E-state index contributed by atoms with van der Waals surface area (Å²) in [6.07, 6.45) is 3.98. The maximum atomic E-state index is 9.36. The predicted molar refractivity (Wildman–Crippen MR) is 53.5 cm³/mol. The van der Waals surface area contributed by atoms with E-state index in [1.807, 2.05) is 6.92 Å². The molecule has 0 amide bonds. The molecule has 0 aromatic rings. The fourth-order valence-electron chi connectivity index (χ4n) is 3.40. The van der Waals surface area contributed by atoms with Gasteiger partial charge in [-0.2, -0.15) is 0 Å². The lowest BCUT2D eigenvalue weighted by Gasteiger charge is -2.32. The van der Waals surface area contributed by atoms with Gasteiger partial charge in [0.15, 0.2) is 0 Å². The highest BCUT2D eigenvalue weighted by molar-refractivity contribution is 5.17. The molecule has 2 nitrogen and oxygen atoms in total. The number of likely N-dealkylation sites (N-methyl/N-ethyl adjacent to an activating group) is 1. The van der Waals surface area contributed by atoms with E-state index in [1.54, 1.807) is 0 Å². The van der Waals surface area contributed by atoms with E-state index in [-0.39, 0.29) is 6.10 Å². The first-order chi connectivity index (χ1) is 6.07. The molecule has 0 heterocycles. The number of aliphatic hydroxyl groups excluding tert-OH is 1. The van der Waals surface area contributed by atoms with Crippen LogP contribution in [0.15, 0.2) is 0 Å². The highest BCUT2D eigenvalue weighted by atomic mass is 16.3. The number of hydrogen-bond donors (Lipinski definition) is 1. The van der Waals surface area contributed by atoms with E-state index in [1.165, 1.54) is 19.3 Å². The third-order valence-corrected chi connectivity index (χ3v) is 4.17. The van der Waals surface area contributed by atoms with Gasteiger partial charge in [0.05, 0.1) is 6.10 Å². The van der Waals surface area contributed by atoms with E-state index in [2.05, 4.69) is 18.9 Å². The van der Waals surface area contributed by atoms with E-state index in [0.717, 1.165) is 18.4 Å². The number of fused-ring (bicyclic) bond motifs is 1. The molecule has 13 heavy (non-hydrogen) atoms. The Morgan fingerprint density at radius 1 is 1.54 bits per heavy atom. The minimum Gasteiger partial charge on any atom is -0.392 e. The number of nitrogens with zero attached hydrogens (tertiary/aromatic N) is 1. The first-order valence-electron chi connectivity index (χ1n) is 5.46. The molecule has 0 spiro atoms. The Labute approximate surface area is 80.9 Å². The molecule has 76 valence electrons. The lowest BCUT2D eigenvalue weighted by molar-refractivity contribution is 0.0884. The molecule has 2 fully saturated rings. The zero-order chi connectivity index (χ0) is 9.64. The van der Waals surface area contributed by atoms with E-state index in [9.17, 15) is 5.11 Å². The highest BCUT2D eigenvalue weighted by Gasteiger charge is 2.63. The summed E-state index contributed by atoms with van der Waals surface area (Å²) in [5, 5.41) is 9.36. The largest absolute Gasteiger partial charge is 0.392 e. The minimum atomic E-state index is -0.187. The van der Waals surface area contributed by atoms with Crippen LogP contribution in [0.4, 0.5) is 0 Å². The van der Waals surface area contributed by atoms with Gasteiger partial charge in [0.25, 0.3) is 0 Å². The van der Waals surface area contributed by atoms with Gasteiger partial charge in [0.1, 0.15) is 0 Å². The lowest BCUT2D eigenvalue weighted by Crippen LogP contribution is -2.42. The minimum absolute atomic E-state index is 0.187. The van der Waals surface area contributed by atoms with Crippen molar-refractivity contribution in [3.8, 4) is 0 Å². The Balaban J connectivity index is 2.00. The number of β-amino-alcohol motifs (C(OH)–C–C–N with tert-alkyl or cyclic N) is 1. The number of aliphatic hydroxyl groups is 1. The first kappa shape index (κ1) is 9.47. The average molecular weight is 183 g/mol. The summed E-state index contributed by atoms with van der Waals surface area (Å²) in [4.78, 5) is 2.40. The van der Waals surface area contributed by atoms with E-state index in [4.69, 9.17) is 0 Å². The molecule has 2 heteroatoms. The van der Waals surface area contributed by atoms with Gasteiger partial charge >= 0.3 is 0 Å². The molecule has 0 saturated heterocycles. The molecule has 0 aliphatic heterocycles. The van der Waals surface area contributed by atoms with Crippen LogP contribution in [0.5, 0.6) is 0 Å². The maximum absolute atomic E-state index is 9.36. The van der Waals surface area contributed by atoms with Crippen LogP contribution in [-0.2, 0) is 0 Å². The normalized spacial score (nSPS) is 45.0. The maximum Gasteiger partial charge on any atom is 0.0639 e. The second kappa shape index (κ2) is 2.96. The van der Waals surface area contributed by atoms with Gasteiger partial charge in [0.2, 0.25) is 0 Å². The summed E-state index contributed by atoms with van der Waals surface area (Å²) in [5.41, 5.74) is 0.483. The van der Waals surface area contributed by atoms with Crippen molar-refractivity contribution >= 4 is 0 Å². The molecule has 0 aromatic carbocycles. The summed E-state index contributed by atoms with van der Waals surface area (Å²) >= 11 is 0. The molecule has 0 bridgehead atoms. The van der Waals surface area contributed by atoms with Crippen LogP contribution in [0.1, 0.15) is 33.1 Å². The highest BCUT2D eigenvalue weighted by Crippen LogP contribution is 2.62. The molecule has 4 atom stereocenters. The Kier molecular flexibility index (Phi) is 2.16. The van der Waals surface area contributed by atoms with Gasteiger partial charge in [-0.15, -0.1) is 0 Å². The van der Waals surface area contributed by atoms with Crippen LogP contribution in [-0.4, -0.2) is 35.2 Å². The van der Waals surface area contributed by atoms with E-state index >= 15 is 0 Å². The van der Waals surface area contributed by atoms with Gasteiger partial charge in [0, 0.05) is 12.1 Å². The van der Waals surface area contributed by atoms with E-state index < -0.39 is 0 Å². The fourth-order valence-corrected chi connectivity index (χ4v) is 3.40. The quantitative estimate of drug-likeness (QED) is 0.716.